The first-order chi connectivity index (χ1) is 6.40. The lowest BCUT2D eigenvalue weighted by Crippen LogP contribution is -2.25. The molecule has 0 aromatic carbocycles. The molecule has 0 spiro atoms. The van der Waals surface area contributed by atoms with Crippen LogP contribution in [0.25, 0.3) is 0 Å². The molecule has 1 aliphatic heterocycles. The topological polar surface area (TPSA) is 12.5 Å². The average Bonchev–Trinajstić information content (AvgIpc) is 2.57. The van der Waals surface area contributed by atoms with Crippen molar-refractivity contribution in [3.63, 3.8) is 0 Å². The summed E-state index contributed by atoms with van der Waals surface area (Å²) in [6.07, 6.45) is 5.90. The summed E-state index contributed by atoms with van der Waals surface area (Å²) >= 11 is 0. The highest BCUT2D eigenvalue weighted by molar-refractivity contribution is 4.86. The van der Waals surface area contributed by atoms with Crippen molar-refractivity contribution in [2.24, 2.45) is 11.8 Å². The summed E-state index contributed by atoms with van der Waals surface area (Å²) in [6.45, 7) is 4.73. The number of fused-ring (bicyclic) bond motifs is 1. The first-order valence-electron chi connectivity index (χ1n) is 5.61. The van der Waals surface area contributed by atoms with Crippen molar-refractivity contribution < 1.29 is 4.74 Å². The molecule has 0 aromatic rings. The van der Waals surface area contributed by atoms with Crippen molar-refractivity contribution in [1.29, 1.82) is 0 Å². The molecule has 76 valence electrons. The van der Waals surface area contributed by atoms with Crippen LogP contribution in [0, 0.1) is 11.8 Å². The Morgan fingerprint density at radius 1 is 1.15 bits per heavy atom. The Labute approximate surface area is 81.3 Å². The third kappa shape index (κ3) is 2.23. The molecule has 2 aliphatic rings. The minimum atomic E-state index is 0.902. The third-order valence-corrected chi connectivity index (χ3v) is 3.66. The van der Waals surface area contributed by atoms with E-state index in [-0.39, 0.29) is 0 Å². The van der Waals surface area contributed by atoms with Gasteiger partial charge in [-0.1, -0.05) is 12.8 Å². The van der Waals surface area contributed by atoms with Crippen molar-refractivity contribution in [2.75, 3.05) is 33.4 Å². The molecule has 1 saturated carbocycles. The summed E-state index contributed by atoms with van der Waals surface area (Å²) in [6, 6.07) is 0. The van der Waals surface area contributed by atoms with Gasteiger partial charge < -0.3 is 9.64 Å². The Kier molecular flexibility index (Phi) is 3.23. The van der Waals surface area contributed by atoms with E-state index in [2.05, 4.69) is 4.90 Å². The highest BCUT2D eigenvalue weighted by Crippen LogP contribution is 2.35. The maximum atomic E-state index is 5.12. The molecule has 0 aromatic heterocycles. The number of rotatable bonds is 3. The first-order valence-corrected chi connectivity index (χ1v) is 5.61. The predicted octanol–water partition coefficient (Wildman–Crippen LogP) is 1.75. The van der Waals surface area contributed by atoms with Gasteiger partial charge in [0.05, 0.1) is 6.61 Å². The minimum absolute atomic E-state index is 0.902. The lowest BCUT2D eigenvalue weighted by molar-refractivity contribution is 0.158. The van der Waals surface area contributed by atoms with Crippen molar-refractivity contribution in [1.82, 2.24) is 4.90 Å². The number of ether oxygens (including phenoxy) is 1. The Morgan fingerprint density at radius 3 is 2.31 bits per heavy atom. The number of hydrogen-bond donors (Lipinski definition) is 0. The lowest BCUT2D eigenvalue weighted by atomic mass is 9.82. The Morgan fingerprint density at radius 2 is 1.77 bits per heavy atom. The molecule has 2 heteroatoms. The van der Waals surface area contributed by atoms with Gasteiger partial charge in [0.2, 0.25) is 0 Å². The van der Waals surface area contributed by atoms with Gasteiger partial charge in [-0.25, -0.2) is 0 Å². The van der Waals surface area contributed by atoms with Crippen LogP contribution in [-0.4, -0.2) is 38.3 Å². The Hall–Kier alpha value is -0.0800. The fourth-order valence-corrected chi connectivity index (χ4v) is 2.91. The molecule has 2 fully saturated rings. The van der Waals surface area contributed by atoms with Gasteiger partial charge in [0.15, 0.2) is 0 Å². The van der Waals surface area contributed by atoms with E-state index >= 15 is 0 Å². The van der Waals surface area contributed by atoms with Gasteiger partial charge in [-0.2, -0.15) is 0 Å². The smallest absolute Gasteiger partial charge is 0.0589 e. The summed E-state index contributed by atoms with van der Waals surface area (Å²) in [7, 11) is 1.79. The van der Waals surface area contributed by atoms with E-state index in [0.29, 0.717) is 0 Å². The summed E-state index contributed by atoms with van der Waals surface area (Å²) in [5.41, 5.74) is 0. The molecule has 1 saturated heterocycles. The highest BCUT2D eigenvalue weighted by Gasteiger charge is 2.33. The lowest BCUT2D eigenvalue weighted by Gasteiger charge is -2.23. The second kappa shape index (κ2) is 4.43. The van der Waals surface area contributed by atoms with Crippen molar-refractivity contribution in [3.05, 3.63) is 0 Å². The van der Waals surface area contributed by atoms with Crippen LogP contribution < -0.4 is 0 Å². The molecule has 2 nitrogen and oxygen atoms in total. The second-order valence-corrected chi connectivity index (χ2v) is 4.56. The standard InChI is InChI=1S/C11H21NO/c1-13-7-6-12-8-10-4-2-3-5-11(10)9-12/h10-11H,2-9H2,1H3. The molecule has 2 atom stereocenters. The van der Waals surface area contributed by atoms with E-state index in [9.17, 15) is 0 Å². The predicted molar refractivity (Wildman–Crippen MR) is 53.8 cm³/mol. The molecule has 0 amide bonds. The molecule has 0 radical (unpaired) electrons. The van der Waals surface area contributed by atoms with Gasteiger partial charge in [-0.05, 0) is 24.7 Å². The zero-order chi connectivity index (χ0) is 9.10. The third-order valence-electron chi connectivity index (χ3n) is 3.66. The molecule has 1 heterocycles. The fraction of sp³-hybridized carbons (Fsp3) is 1.00. The maximum Gasteiger partial charge on any atom is 0.0589 e. The first kappa shape index (κ1) is 9.47. The van der Waals surface area contributed by atoms with Gasteiger partial charge >= 0.3 is 0 Å². The van der Waals surface area contributed by atoms with Crippen LogP contribution in [0.4, 0.5) is 0 Å². The number of nitrogens with zero attached hydrogens (tertiary/aromatic N) is 1. The normalized spacial score (nSPS) is 34.8. The van der Waals surface area contributed by atoms with Crippen LogP contribution in [0.15, 0.2) is 0 Å². The molecule has 0 N–H and O–H groups in total. The van der Waals surface area contributed by atoms with Crippen LogP contribution in [-0.2, 0) is 4.74 Å². The van der Waals surface area contributed by atoms with Crippen molar-refractivity contribution >= 4 is 0 Å². The molecular weight excluding hydrogens is 162 g/mol. The molecule has 13 heavy (non-hydrogen) atoms. The van der Waals surface area contributed by atoms with Crippen LogP contribution in [0.1, 0.15) is 25.7 Å². The van der Waals surface area contributed by atoms with Gasteiger partial charge in [0, 0.05) is 26.7 Å². The van der Waals surface area contributed by atoms with Crippen LogP contribution >= 0.6 is 0 Å². The average molecular weight is 183 g/mol. The van der Waals surface area contributed by atoms with Gasteiger partial charge in [0.25, 0.3) is 0 Å². The van der Waals surface area contributed by atoms with Crippen LogP contribution in [0.5, 0.6) is 0 Å². The maximum absolute atomic E-state index is 5.12. The van der Waals surface area contributed by atoms with Gasteiger partial charge in [-0.3, -0.25) is 0 Å². The van der Waals surface area contributed by atoms with Crippen LogP contribution in [0.3, 0.4) is 0 Å². The Bertz CT molecular complexity index is 146. The van der Waals surface area contributed by atoms with E-state index in [1.807, 2.05) is 0 Å². The fourth-order valence-electron chi connectivity index (χ4n) is 2.91. The molecule has 2 rings (SSSR count). The summed E-state index contributed by atoms with van der Waals surface area (Å²) in [5.74, 6) is 2.04. The summed E-state index contributed by atoms with van der Waals surface area (Å²) in [4.78, 5) is 2.59. The zero-order valence-corrected chi connectivity index (χ0v) is 8.67. The van der Waals surface area contributed by atoms with E-state index in [1.165, 1.54) is 38.8 Å². The zero-order valence-electron chi connectivity index (χ0n) is 8.67. The molecule has 2 unspecified atom stereocenters. The monoisotopic (exact) mass is 183 g/mol. The van der Waals surface area contributed by atoms with Crippen molar-refractivity contribution in [2.45, 2.75) is 25.7 Å². The number of likely N-dealkylation sites (tertiary alicyclic amines) is 1. The van der Waals surface area contributed by atoms with Crippen molar-refractivity contribution in [3.8, 4) is 0 Å². The van der Waals surface area contributed by atoms with Gasteiger partial charge in [-0.15, -0.1) is 0 Å². The van der Waals surface area contributed by atoms with E-state index in [0.717, 1.165) is 25.0 Å². The quantitative estimate of drug-likeness (QED) is 0.661. The van der Waals surface area contributed by atoms with E-state index < -0.39 is 0 Å². The number of hydrogen-bond acceptors (Lipinski definition) is 2. The number of methoxy groups -OCH3 is 1. The molecular formula is C11H21NO. The SMILES string of the molecule is COCCN1CC2CCCCC2C1. The molecule has 0 bridgehead atoms. The second-order valence-electron chi connectivity index (χ2n) is 4.56. The summed E-state index contributed by atoms with van der Waals surface area (Å²) < 4.78 is 5.12. The summed E-state index contributed by atoms with van der Waals surface area (Å²) in [5, 5.41) is 0. The van der Waals surface area contributed by atoms with Crippen LogP contribution in [0.2, 0.25) is 0 Å². The largest absolute Gasteiger partial charge is 0.383 e. The minimum Gasteiger partial charge on any atom is -0.383 e. The Balaban J connectivity index is 1.77. The van der Waals surface area contributed by atoms with E-state index in [1.54, 1.807) is 7.11 Å². The highest BCUT2D eigenvalue weighted by atomic mass is 16.5. The molecule has 1 aliphatic carbocycles. The van der Waals surface area contributed by atoms with Gasteiger partial charge in [0.1, 0.15) is 0 Å². The van der Waals surface area contributed by atoms with E-state index in [4.69, 9.17) is 4.74 Å².